The van der Waals surface area contributed by atoms with Crippen LogP contribution in [0.1, 0.15) is 11.1 Å². The first-order valence-corrected chi connectivity index (χ1v) is 12.8. The monoisotopic (exact) mass is 493 g/mol. The topological polar surface area (TPSA) is 97.4 Å². The Bertz CT molecular complexity index is 1370. The molecule has 0 bridgehead atoms. The van der Waals surface area contributed by atoms with Crippen LogP contribution < -0.4 is 14.8 Å². The van der Waals surface area contributed by atoms with E-state index in [4.69, 9.17) is 4.74 Å². The van der Waals surface area contributed by atoms with Gasteiger partial charge in [0.1, 0.15) is 9.96 Å². The van der Waals surface area contributed by atoms with Crippen LogP contribution in [0.5, 0.6) is 5.75 Å². The second kappa shape index (κ2) is 10.6. The van der Waals surface area contributed by atoms with Crippen LogP contribution in [0.2, 0.25) is 0 Å². The summed E-state index contributed by atoms with van der Waals surface area (Å²) in [6, 6.07) is 23.3. The van der Waals surface area contributed by atoms with Crippen molar-refractivity contribution in [1.29, 1.82) is 0 Å². The molecule has 34 heavy (non-hydrogen) atoms. The van der Waals surface area contributed by atoms with Gasteiger partial charge in [0.15, 0.2) is 0 Å². The average molecular weight is 494 g/mol. The van der Waals surface area contributed by atoms with Gasteiger partial charge in [-0.05, 0) is 66.9 Å². The summed E-state index contributed by atoms with van der Waals surface area (Å²) in [5.74, 6) is 0.399. The molecule has 0 atom stereocenters. The van der Waals surface area contributed by atoms with E-state index in [1.807, 2.05) is 43.3 Å². The number of nitrogens with zero attached hydrogens (tertiary/aromatic N) is 1. The summed E-state index contributed by atoms with van der Waals surface area (Å²) in [7, 11) is -3.61. The number of aryl methyl sites for hydroxylation is 1. The minimum Gasteiger partial charge on any atom is -0.410 e. The van der Waals surface area contributed by atoms with Gasteiger partial charge in [-0.15, -0.1) is 11.3 Å². The van der Waals surface area contributed by atoms with E-state index < -0.39 is 16.1 Å². The first-order valence-electron chi connectivity index (χ1n) is 10.5. The maximum absolute atomic E-state index is 12.6. The number of nitrogens with one attached hydrogen (secondary N) is 2. The fraction of sp³-hybridized carbons (Fsp3) is 0.120. The number of pyridine rings is 1. The van der Waals surface area contributed by atoms with Crippen molar-refractivity contribution in [1.82, 2.24) is 9.71 Å². The number of anilines is 1. The van der Waals surface area contributed by atoms with Crippen LogP contribution in [0, 0.1) is 6.92 Å². The quantitative estimate of drug-likeness (QED) is 0.349. The number of benzene rings is 2. The highest BCUT2D eigenvalue weighted by atomic mass is 32.2. The van der Waals surface area contributed by atoms with Crippen LogP contribution in [-0.2, 0) is 16.4 Å². The van der Waals surface area contributed by atoms with E-state index in [0.717, 1.165) is 21.7 Å². The number of hydrogen-bond donors (Lipinski definition) is 2. The van der Waals surface area contributed by atoms with Crippen molar-refractivity contribution in [3.63, 3.8) is 0 Å². The fourth-order valence-electron chi connectivity index (χ4n) is 3.19. The molecule has 0 aliphatic rings. The highest BCUT2D eigenvalue weighted by molar-refractivity contribution is 7.91. The molecule has 4 aromatic rings. The number of carbonyl (C=O) groups is 1. The third kappa shape index (κ3) is 6.07. The van der Waals surface area contributed by atoms with E-state index in [0.29, 0.717) is 17.9 Å². The van der Waals surface area contributed by atoms with Crippen molar-refractivity contribution in [3.05, 3.63) is 96.2 Å². The van der Waals surface area contributed by atoms with Gasteiger partial charge in [0, 0.05) is 18.4 Å². The van der Waals surface area contributed by atoms with E-state index in [-0.39, 0.29) is 10.8 Å². The molecular formula is C25H23N3O4S2. The van der Waals surface area contributed by atoms with Crippen LogP contribution in [0.3, 0.4) is 0 Å². The second-order valence-corrected chi connectivity index (χ2v) is 10.5. The molecule has 0 radical (unpaired) electrons. The van der Waals surface area contributed by atoms with Gasteiger partial charge in [0.05, 0.1) is 10.6 Å². The fourth-order valence-corrected chi connectivity index (χ4v) is 5.55. The number of rotatable bonds is 8. The number of ether oxygens (including phenoxy) is 1. The second-order valence-electron chi connectivity index (χ2n) is 7.45. The Labute approximate surface area is 202 Å². The standard InChI is InChI=1S/C25H23N3O4S2/c1-18-6-2-3-7-21(18)28-25(29)32-20-11-9-19(10-12-20)15-17-27-34(30,31)24-14-13-23(33-24)22-8-4-5-16-26-22/h2-14,16,27H,15,17H2,1H3,(H,28,29). The first-order chi connectivity index (χ1) is 16.4. The zero-order valence-electron chi connectivity index (χ0n) is 18.4. The maximum Gasteiger partial charge on any atom is 0.417 e. The molecule has 9 heteroatoms. The summed E-state index contributed by atoms with van der Waals surface area (Å²) in [5, 5.41) is 2.71. The van der Waals surface area contributed by atoms with Crippen molar-refractivity contribution in [2.24, 2.45) is 0 Å². The molecule has 2 N–H and O–H groups in total. The number of hydrogen-bond acceptors (Lipinski definition) is 6. The molecule has 2 heterocycles. The largest absolute Gasteiger partial charge is 0.417 e. The summed E-state index contributed by atoms with van der Waals surface area (Å²) < 4.78 is 33.5. The molecule has 0 spiro atoms. The van der Waals surface area contributed by atoms with Crippen molar-refractivity contribution in [2.45, 2.75) is 17.6 Å². The summed E-state index contributed by atoms with van der Waals surface area (Å²) in [5.41, 5.74) is 3.28. The zero-order chi connectivity index (χ0) is 24.0. The molecule has 1 amide bonds. The summed E-state index contributed by atoms with van der Waals surface area (Å²) in [6.45, 7) is 2.14. The van der Waals surface area contributed by atoms with E-state index in [9.17, 15) is 13.2 Å². The lowest BCUT2D eigenvalue weighted by molar-refractivity contribution is 0.215. The Balaban J connectivity index is 1.28. The molecule has 0 saturated carbocycles. The van der Waals surface area contributed by atoms with Gasteiger partial charge < -0.3 is 4.74 Å². The van der Waals surface area contributed by atoms with Gasteiger partial charge in [-0.3, -0.25) is 10.3 Å². The Kier molecular flexibility index (Phi) is 7.36. The summed E-state index contributed by atoms with van der Waals surface area (Å²) in [6.07, 6.45) is 1.60. The number of para-hydroxylation sites is 1. The Morgan fingerprint density at radius 2 is 1.74 bits per heavy atom. The molecule has 0 fully saturated rings. The lowest BCUT2D eigenvalue weighted by Crippen LogP contribution is -2.25. The highest BCUT2D eigenvalue weighted by Crippen LogP contribution is 2.29. The van der Waals surface area contributed by atoms with Crippen molar-refractivity contribution in [2.75, 3.05) is 11.9 Å². The molecule has 0 saturated heterocycles. The van der Waals surface area contributed by atoms with Gasteiger partial charge in [0.25, 0.3) is 0 Å². The lowest BCUT2D eigenvalue weighted by Gasteiger charge is -2.09. The van der Waals surface area contributed by atoms with Crippen molar-refractivity contribution in [3.8, 4) is 16.3 Å². The Morgan fingerprint density at radius 3 is 2.47 bits per heavy atom. The molecule has 4 rings (SSSR count). The molecule has 0 aliphatic carbocycles. The van der Waals surface area contributed by atoms with Crippen LogP contribution in [0.25, 0.3) is 10.6 Å². The van der Waals surface area contributed by atoms with E-state index in [1.54, 1.807) is 48.7 Å². The number of thiophene rings is 1. The van der Waals surface area contributed by atoms with Gasteiger partial charge in [-0.25, -0.2) is 17.9 Å². The van der Waals surface area contributed by atoms with Gasteiger partial charge >= 0.3 is 6.09 Å². The Hall–Kier alpha value is -3.53. The van der Waals surface area contributed by atoms with Gasteiger partial charge in [-0.1, -0.05) is 36.4 Å². The molecule has 0 unspecified atom stereocenters. The zero-order valence-corrected chi connectivity index (χ0v) is 20.0. The van der Waals surface area contributed by atoms with Crippen LogP contribution in [-0.4, -0.2) is 26.0 Å². The third-order valence-electron chi connectivity index (χ3n) is 4.98. The molecule has 2 aromatic heterocycles. The molecular weight excluding hydrogens is 470 g/mol. The predicted octanol–water partition coefficient (Wildman–Crippen LogP) is 5.25. The minimum absolute atomic E-state index is 0.243. The van der Waals surface area contributed by atoms with Crippen molar-refractivity contribution >= 4 is 33.1 Å². The molecule has 7 nitrogen and oxygen atoms in total. The molecule has 0 aliphatic heterocycles. The SMILES string of the molecule is Cc1ccccc1NC(=O)Oc1ccc(CCNS(=O)(=O)c2ccc(-c3ccccn3)s2)cc1. The number of carbonyl (C=O) groups excluding carboxylic acids is 1. The van der Waals surface area contributed by atoms with Crippen LogP contribution >= 0.6 is 11.3 Å². The number of aromatic nitrogens is 1. The predicted molar refractivity (Wildman–Crippen MR) is 134 cm³/mol. The van der Waals surface area contributed by atoms with Gasteiger partial charge in [0.2, 0.25) is 10.0 Å². The normalized spacial score (nSPS) is 11.2. The lowest BCUT2D eigenvalue weighted by atomic mass is 10.1. The minimum atomic E-state index is -3.61. The van der Waals surface area contributed by atoms with Crippen molar-refractivity contribution < 1.29 is 17.9 Å². The molecule has 174 valence electrons. The van der Waals surface area contributed by atoms with E-state index >= 15 is 0 Å². The van der Waals surface area contributed by atoms with Crippen LogP contribution in [0.15, 0.2) is 89.3 Å². The summed E-state index contributed by atoms with van der Waals surface area (Å²) >= 11 is 1.18. The van der Waals surface area contributed by atoms with E-state index in [2.05, 4.69) is 15.0 Å². The molecule has 2 aromatic carbocycles. The van der Waals surface area contributed by atoms with Gasteiger partial charge in [-0.2, -0.15) is 0 Å². The number of sulfonamides is 1. The smallest absolute Gasteiger partial charge is 0.410 e. The summed E-state index contributed by atoms with van der Waals surface area (Å²) in [4.78, 5) is 17.2. The third-order valence-corrected chi connectivity index (χ3v) is 8.05. The highest BCUT2D eigenvalue weighted by Gasteiger charge is 2.17. The Morgan fingerprint density at radius 1 is 0.971 bits per heavy atom. The van der Waals surface area contributed by atoms with Crippen LogP contribution in [0.4, 0.5) is 10.5 Å². The van der Waals surface area contributed by atoms with E-state index in [1.165, 1.54) is 11.3 Å². The maximum atomic E-state index is 12.6. The number of amides is 1. The average Bonchev–Trinajstić information content (AvgIpc) is 3.34. The first kappa shape index (κ1) is 23.6.